The van der Waals surface area contributed by atoms with Crippen molar-refractivity contribution in [3.8, 4) is 6.07 Å². The molecule has 2 atom stereocenters. The average molecular weight is 420 g/mol. The van der Waals surface area contributed by atoms with Gasteiger partial charge in [-0.05, 0) is 56.2 Å². The summed E-state index contributed by atoms with van der Waals surface area (Å²) in [5.74, 6) is -0.936. The Morgan fingerprint density at radius 2 is 2.10 bits per heavy atom. The largest absolute Gasteiger partial charge is 0.363 e. The van der Waals surface area contributed by atoms with Crippen molar-refractivity contribution in [1.29, 1.82) is 5.26 Å². The maximum atomic E-state index is 14.4. The van der Waals surface area contributed by atoms with Gasteiger partial charge in [-0.1, -0.05) is 18.5 Å². The molecule has 1 saturated heterocycles. The molecule has 4 nitrogen and oxygen atoms in total. The molecule has 0 radical (unpaired) electrons. The highest BCUT2D eigenvalue weighted by Gasteiger charge is 2.29. The van der Waals surface area contributed by atoms with Gasteiger partial charge in [0.05, 0.1) is 17.2 Å². The Hall–Kier alpha value is -2.20. The maximum Gasteiger partial charge on any atom is 0.128 e. The topological polar surface area (TPSA) is 39.5 Å². The third-order valence-electron chi connectivity index (χ3n) is 5.38. The molecule has 3 rings (SSSR count). The molecule has 0 bridgehead atoms. The monoisotopic (exact) mass is 419 g/mol. The number of nitriles is 1. The lowest BCUT2D eigenvalue weighted by molar-refractivity contribution is -0.207. The number of nitrogens with zero attached hydrogens (tertiary/aromatic N) is 3. The molecule has 1 heterocycles. The summed E-state index contributed by atoms with van der Waals surface area (Å²) in [4.78, 5) is 7.82. The van der Waals surface area contributed by atoms with Gasteiger partial charge in [0, 0.05) is 36.4 Å². The van der Waals surface area contributed by atoms with Crippen LogP contribution in [0.1, 0.15) is 37.8 Å². The Bertz CT molecular complexity index is 902. The molecule has 0 amide bonds. The number of anilines is 1. The van der Waals surface area contributed by atoms with Gasteiger partial charge >= 0.3 is 0 Å². The van der Waals surface area contributed by atoms with E-state index in [4.69, 9.17) is 21.7 Å². The lowest BCUT2D eigenvalue weighted by Crippen LogP contribution is -2.51. The summed E-state index contributed by atoms with van der Waals surface area (Å²) in [6.45, 7) is 5.55. The molecule has 7 heteroatoms. The second-order valence-corrected chi connectivity index (χ2v) is 7.68. The molecule has 1 aliphatic rings. The maximum absolute atomic E-state index is 14.4. The van der Waals surface area contributed by atoms with E-state index in [9.17, 15) is 8.78 Å². The predicted molar refractivity (Wildman–Crippen MR) is 110 cm³/mol. The Morgan fingerprint density at radius 1 is 1.31 bits per heavy atom. The molecule has 1 aliphatic heterocycles. The fourth-order valence-corrected chi connectivity index (χ4v) is 3.69. The summed E-state index contributed by atoms with van der Waals surface area (Å²) in [5.41, 5.74) is 1.40. The molecular formula is C22H24ClF2N3O. The van der Waals surface area contributed by atoms with Gasteiger partial charge in [-0.25, -0.2) is 8.78 Å². The molecule has 1 fully saturated rings. The zero-order valence-electron chi connectivity index (χ0n) is 16.5. The van der Waals surface area contributed by atoms with Crippen LogP contribution in [0.3, 0.4) is 0 Å². The molecule has 1 unspecified atom stereocenters. The minimum absolute atomic E-state index is 0.0180. The van der Waals surface area contributed by atoms with E-state index in [0.29, 0.717) is 23.7 Å². The van der Waals surface area contributed by atoms with E-state index in [1.807, 2.05) is 16.0 Å². The van der Waals surface area contributed by atoms with E-state index >= 15 is 0 Å². The lowest BCUT2D eigenvalue weighted by Gasteiger charge is -2.42. The van der Waals surface area contributed by atoms with Crippen LogP contribution in [0.5, 0.6) is 0 Å². The van der Waals surface area contributed by atoms with Crippen molar-refractivity contribution in [3.05, 3.63) is 64.2 Å². The van der Waals surface area contributed by atoms with Gasteiger partial charge < -0.3 is 4.90 Å². The minimum atomic E-state index is -0.479. The highest BCUT2D eigenvalue weighted by molar-refractivity contribution is 6.32. The summed E-state index contributed by atoms with van der Waals surface area (Å²) in [6.07, 6.45) is 1.68. The van der Waals surface area contributed by atoms with Crippen LogP contribution in [-0.4, -0.2) is 30.3 Å². The molecule has 154 valence electrons. The van der Waals surface area contributed by atoms with Crippen molar-refractivity contribution >= 4 is 17.3 Å². The first-order chi connectivity index (χ1) is 13.9. The van der Waals surface area contributed by atoms with E-state index in [-0.39, 0.29) is 24.2 Å². The molecule has 0 aromatic heterocycles. The Balaban J connectivity index is 1.96. The van der Waals surface area contributed by atoms with Crippen LogP contribution in [-0.2, 0) is 11.4 Å². The Labute approximate surface area is 175 Å². The molecule has 2 aromatic rings. The Morgan fingerprint density at radius 3 is 2.79 bits per heavy atom. The number of benzene rings is 2. The van der Waals surface area contributed by atoms with Crippen molar-refractivity contribution in [1.82, 2.24) is 5.06 Å². The van der Waals surface area contributed by atoms with Crippen LogP contribution in [0.15, 0.2) is 36.4 Å². The lowest BCUT2D eigenvalue weighted by atomic mass is 10.1. The van der Waals surface area contributed by atoms with Crippen LogP contribution in [0.25, 0.3) is 0 Å². The molecule has 0 saturated carbocycles. The van der Waals surface area contributed by atoms with Gasteiger partial charge in [-0.15, -0.1) is 0 Å². The van der Waals surface area contributed by atoms with E-state index in [1.54, 1.807) is 18.2 Å². The smallest absolute Gasteiger partial charge is 0.128 e. The molecule has 29 heavy (non-hydrogen) atoms. The van der Waals surface area contributed by atoms with E-state index in [2.05, 4.69) is 13.8 Å². The summed E-state index contributed by atoms with van der Waals surface area (Å²) < 4.78 is 28.1. The quantitative estimate of drug-likeness (QED) is 0.636. The normalized spacial score (nSPS) is 18.3. The van der Waals surface area contributed by atoms with Crippen molar-refractivity contribution in [2.75, 3.05) is 18.1 Å². The second kappa shape index (κ2) is 9.53. The van der Waals surface area contributed by atoms with Gasteiger partial charge in [0.25, 0.3) is 0 Å². The summed E-state index contributed by atoms with van der Waals surface area (Å²) >= 11 is 6.26. The predicted octanol–water partition coefficient (Wildman–Crippen LogP) is 5.30. The number of hydrogen-bond donors (Lipinski definition) is 0. The van der Waals surface area contributed by atoms with Crippen molar-refractivity contribution < 1.29 is 13.6 Å². The first kappa shape index (κ1) is 21.5. The summed E-state index contributed by atoms with van der Waals surface area (Å²) in [6, 6.07) is 10.9. The van der Waals surface area contributed by atoms with E-state index in [1.165, 1.54) is 6.07 Å². The van der Waals surface area contributed by atoms with Gasteiger partial charge in [0.15, 0.2) is 0 Å². The van der Waals surface area contributed by atoms with Crippen LogP contribution in [0.4, 0.5) is 14.5 Å². The van der Waals surface area contributed by atoms with Crippen LogP contribution in [0, 0.1) is 23.0 Å². The van der Waals surface area contributed by atoms with Gasteiger partial charge in [-0.2, -0.15) is 10.3 Å². The number of hydroxylamine groups is 2. The van der Waals surface area contributed by atoms with Crippen LogP contribution >= 0.6 is 11.6 Å². The highest BCUT2D eigenvalue weighted by Crippen LogP contribution is 2.30. The minimum Gasteiger partial charge on any atom is -0.363 e. The van der Waals surface area contributed by atoms with Gasteiger partial charge in [0.2, 0.25) is 0 Å². The first-order valence-electron chi connectivity index (χ1n) is 9.72. The van der Waals surface area contributed by atoms with E-state index in [0.717, 1.165) is 30.7 Å². The van der Waals surface area contributed by atoms with E-state index < -0.39 is 11.6 Å². The van der Waals surface area contributed by atoms with Gasteiger partial charge in [0.1, 0.15) is 17.7 Å². The summed E-state index contributed by atoms with van der Waals surface area (Å²) in [7, 11) is 0. The average Bonchev–Trinajstić information content (AvgIpc) is 2.73. The Kier molecular flexibility index (Phi) is 7.07. The molecule has 0 aliphatic carbocycles. The standard InChI is InChI=1S/C22H24ClF2N3O/c1-3-15(2)28-14-20(8-9-29-28)27(13-17-10-18(24)5-7-22(17)25)19-6-4-16(12-26)21(23)11-19/h4-7,10-11,15,20H,3,8-9,13-14H2,1-2H3/t15?,20-/m0/s1. The molecular weight excluding hydrogens is 396 g/mol. The fourth-order valence-electron chi connectivity index (χ4n) is 3.48. The second-order valence-electron chi connectivity index (χ2n) is 7.27. The zero-order chi connectivity index (χ0) is 21.0. The summed E-state index contributed by atoms with van der Waals surface area (Å²) in [5, 5.41) is 11.4. The third kappa shape index (κ3) is 5.05. The SMILES string of the molecule is CCC(C)N1C[C@@H](N(Cc2cc(F)ccc2F)c2ccc(C#N)c(Cl)c2)CCO1. The van der Waals surface area contributed by atoms with Gasteiger partial charge in [-0.3, -0.25) is 4.84 Å². The molecule has 0 N–H and O–H groups in total. The van der Waals surface area contributed by atoms with Crippen molar-refractivity contribution in [3.63, 3.8) is 0 Å². The molecule has 0 spiro atoms. The zero-order valence-corrected chi connectivity index (χ0v) is 17.3. The first-order valence-corrected chi connectivity index (χ1v) is 10.1. The molecule has 2 aromatic carbocycles. The fraction of sp³-hybridized carbons (Fsp3) is 0.409. The number of halogens is 3. The van der Waals surface area contributed by atoms with Crippen molar-refractivity contribution in [2.45, 2.75) is 45.3 Å². The highest BCUT2D eigenvalue weighted by atomic mass is 35.5. The third-order valence-corrected chi connectivity index (χ3v) is 5.69. The van der Waals surface area contributed by atoms with Crippen LogP contribution < -0.4 is 4.90 Å². The number of rotatable bonds is 6. The van der Waals surface area contributed by atoms with Crippen molar-refractivity contribution in [2.24, 2.45) is 0 Å². The van der Waals surface area contributed by atoms with Crippen LogP contribution in [0.2, 0.25) is 5.02 Å². The number of hydrogen-bond acceptors (Lipinski definition) is 4.